The standard InChI is InChI=1S/C18H17ClFN3O4/c19-12-2-1-3-13(20)15(12)16(24)10-8-14(21-9-10)17(25)22-11-4-6-23(7-5-11)18(26)27/h1-3,8-9,11,21H,4-7H2,(H,22,25)(H,26,27). The number of carboxylic acid groups (broad SMARTS) is 1. The SMILES string of the molecule is O=C(NC1CCN(C(=O)O)CC1)c1cc(C(=O)c2c(F)cccc2Cl)c[nH]1. The highest BCUT2D eigenvalue weighted by Gasteiger charge is 2.25. The predicted octanol–water partition coefficient (Wildman–Crippen LogP) is 2.91. The van der Waals surface area contributed by atoms with Crippen LogP contribution in [0, 0.1) is 5.82 Å². The van der Waals surface area contributed by atoms with Gasteiger partial charge in [0.15, 0.2) is 5.78 Å². The van der Waals surface area contributed by atoms with Gasteiger partial charge >= 0.3 is 6.09 Å². The Labute approximate surface area is 159 Å². The molecular weight excluding hydrogens is 377 g/mol. The highest BCUT2D eigenvalue weighted by molar-refractivity contribution is 6.35. The molecule has 0 bridgehead atoms. The Morgan fingerprint density at radius 3 is 2.59 bits per heavy atom. The fourth-order valence-corrected chi connectivity index (χ4v) is 3.24. The molecule has 3 N–H and O–H groups in total. The number of halogens is 2. The summed E-state index contributed by atoms with van der Waals surface area (Å²) in [4.78, 5) is 39.7. The van der Waals surface area contributed by atoms with Crippen molar-refractivity contribution in [3.8, 4) is 0 Å². The summed E-state index contributed by atoms with van der Waals surface area (Å²) < 4.78 is 13.9. The monoisotopic (exact) mass is 393 g/mol. The van der Waals surface area contributed by atoms with E-state index in [4.69, 9.17) is 16.7 Å². The predicted molar refractivity (Wildman–Crippen MR) is 95.7 cm³/mol. The maximum Gasteiger partial charge on any atom is 0.407 e. The number of rotatable bonds is 4. The molecule has 1 aromatic heterocycles. The molecule has 9 heteroatoms. The van der Waals surface area contributed by atoms with E-state index in [2.05, 4.69) is 10.3 Å². The van der Waals surface area contributed by atoms with Gasteiger partial charge in [0.2, 0.25) is 0 Å². The van der Waals surface area contributed by atoms with Gasteiger partial charge in [0, 0.05) is 30.9 Å². The number of aromatic amines is 1. The van der Waals surface area contributed by atoms with Crippen LogP contribution in [0.15, 0.2) is 30.5 Å². The molecule has 0 radical (unpaired) electrons. The highest BCUT2D eigenvalue weighted by Crippen LogP contribution is 2.23. The molecule has 0 aliphatic carbocycles. The molecular formula is C18H17ClFN3O4. The number of piperidine rings is 1. The van der Waals surface area contributed by atoms with Gasteiger partial charge in [-0.25, -0.2) is 9.18 Å². The van der Waals surface area contributed by atoms with Gasteiger partial charge in [-0.15, -0.1) is 0 Å². The van der Waals surface area contributed by atoms with E-state index in [1.165, 1.54) is 29.3 Å². The third-order valence-electron chi connectivity index (χ3n) is 4.48. The normalized spacial score (nSPS) is 14.8. The lowest BCUT2D eigenvalue weighted by molar-refractivity contribution is 0.0902. The average molecular weight is 394 g/mol. The van der Waals surface area contributed by atoms with Crippen molar-refractivity contribution in [3.63, 3.8) is 0 Å². The number of hydrogen-bond acceptors (Lipinski definition) is 3. The minimum Gasteiger partial charge on any atom is -0.465 e. The average Bonchev–Trinajstić information content (AvgIpc) is 3.12. The summed E-state index contributed by atoms with van der Waals surface area (Å²) in [5.74, 6) is -1.77. The molecule has 142 valence electrons. The molecule has 27 heavy (non-hydrogen) atoms. The Kier molecular flexibility index (Phi) is 5.46. The zero-order valence-corrected chi connectivity index (χ0v) is 14.9. The summed E-state index contributed by atoms with van der Waals surface area (Å²) in [6.45, 7) is 0.695. The maximum atomic E-state index is 13.9. The minimum absolute atomic E-state index is 0.00241. The Morgan fingerprint density at radius 2 is 1.96 bits per heavy atom. The second-order valence-electron chi connectivity index (χ2n) is 6.25. The van der Waals surface area contributed by atoms with Crippen molar-refractivity contribution in [1.82, 2.24) is 15.2 Å². The van der Waals surface area contributed by atoms with Gasteiger partial charge < -0.3 is 20.3 Å². The van der Waals surface area contributed by atoms with E-state index in [1.54, 1.807) is 0 Å². The number of amides is 2. The molecule has 1 aliphatic heterocycles. The van der Waals surface area contributed by atoms with E-state index in [0.717, 1.165) is 6.07 Å². The largest absolute Gasteiger partial charge is 0.465 e. The fourth-order valence-electron chi connectivity index (χ4n) is 2.99. The maximum absolute atomic E-state index is 13.9. The van der Waals surface area contributed by atoms with Gasteiger partial charge in [0.25, 0.3) is 5.91 Å². The molecule has 1 fully saturated rings. The Bertz CT molecular complexity index is 870. The van der Waals surface area contributed by atoms with Gasteiger partial charge in [-0.1, -0.05) is 17.7 Å². The lowest BCUT2D eigenvalue weighted by Crippen LogP contribution is -2.46. The third-order valence-corrected chi connectivity index (χ3v) is 4.80. The number of carbonyl (C=O) groups is 3. The van der Waals surface area contributed by atoms with Crippen LogP contribution < -0.4 is 5.32 Å². The smallest absolute Gasteiger partial charge is 0.407 e. The van der Waals surface area contributed by atoms with Crippen LogP contribution in [0.3, 0.4) is 0 Å². The van der Waals surface area contributed by atoms with Crippen LogP contribution in [0.1, 0.15) is 39.3 Å². The number of carbonyl (C=O) groups excluding carboxylic acids is 2. The summed E-state index contributed by atoms with van der Waals surface area (Å²) in [7, 11) is 0. The van der Waals surface area contributed by atoms with Crippen molar-refractivity contribution in [2.45, 2.75) is 18.9 Å². The number of nitrogens with zero attached hydrogens (tertiary/aromatic N) is 1. The first kappa shape index (κ1) is 18.9. The minimum atomic E-state index is -0.973. The number of H-pyrrole nitrogens is 1. The van der Waals surface area contributed by atoms with Crippen LogP contribution in [0.25, 0.3) is 0 Å². The van der Waals surface area contributed by atoms with Crippen LogP contribution in [0.2, 0.25) is 5.02 Å². The van der Waals surface area contributed by atoms with Crippen molar-refractivity contribution < 1.29 is 23.9 Å². The highest BCUT2D eigenvalue weighted by atomic mass is 35.5. The molecule has 2 heterocycles. The van der Waals surface area contributed by atoms with Crippen molar-refractivity contribution in [2.75, 3.05) is 13.1 Å². The van der Waals surface area contributed by atoms with Crippen LogP contribution in [-0.2, 0) is 0 Å². The van der Waals surface area contributed by atoms with Gasteiger partial charge in [-0.2, -0.15) is 0 Å². The van der Waals surface area contributed by atoms with E-state index < -0.39 is 23.6 Å². The van der Waals surface area contributed by atoms with E-state index in [0.29, 0.717) is 25.9 Å². The van der Waals surface area contributed by atoms with Crippen LogP contribution in [0.5, 0.6) is 0 Å². The lowest BCUT2D eigenvalue weighted by Gasteiger charge is -2.30. The summed E-state index contributed by atoms with van der Waals surface area (Å²) in [5.41, 5.74) is 0.0329. The fraction of sp³-hybridized carbons (Fsp3) is 0.278. The number of hydrogen-bond donors (Lipinski definition) is 3. The van der Waals surface area contributed by atoms with Gasteiger partial charge in [0.05, 0.1) is 10.6 Å². The van der Waals surface area contributed by atoms with Crippen molar-refractivity contribution >= 4 is 29.4 Å². The number of nitrogens with one attached hydrogen (secondary N) is 2. The van der Waals surface area contributed by atoms with Crippen LogP contribution in [-0.4, -0.2) is 51.9 Å². The number of ketones is 1. The molecule has 1 aliphatic rings. The molecule has 2 amide bonds. The quantitative estimate of drug-likeness (QED) is 0.695. The number of benzene rings is 1. The third kappa shape index (κ3) is 4.11. The Balaban J connectivity index is 1.66. The first-order chi connectivity index (χ1) is 12.9. The number of aromatic nitrogens is 1. The summed E-state index contributed by atoms with van der Waals surface area (Å²) in [6.07, 6.45) is 1.37. The molecule has 3 rings (SSSR count). The summed E-state index contributed by atoms with van der Waals surface area (Å²) >= 11 is 5.91. The second-order valence-corrected chi connectivity index (χ2v) is 6.65. The molecule has 1 saturated heterocycles. The van der Waals surface area contributed by atoms with Gasteiger partial charge in [-0.05, 0) is 31.0 Å². The number of likely N-dealkylation sites (tertiary alicyclic amines) is 1. The molecule has 0 saturated carbocycles. The second kappa shape index (κ2) is 7.79. The van der Waals surface area contributed by atoms with E-state index in [9.17, 15) is 18.8 Å². The van der Waals surface area contributed by atoms with E-state index >= 15 is 0 Å². The van der Waals surface area contributed by atoms with Gasteiger partial charge in [-0.3, -0.25) is 9.59 Å². The summed E-state index contributed by atoms with van der Waals surface area (Å²) in [6, 6.07) is 5.15. The van der Waals surface area contributed by atoms with Crippen LogP contribution >= 0.6 is 11.6 Å². The molecule has 0 unspecified atom stereocenters. The Morgan fingerprint density at radius 1 is 1.26 bits per heavy atom. The van der Waals surface area contributed by atoms with Crippen molar-refractivity contribution in [1.29, 1.82) is 0 Å². The van der Waals surface area contributed by atoms with Crippen molar-refractivity contribution in [3.05, 3.63) is 58.1 Å². The molecule has 1 aromatic carbocycles. The topological polar surface area (TPSA) is 102 Å². The molecule has 0 spiro atoms. The van der Waals surface area contributed by atoms with Crippen LogP contribution in [0.4, 0.5) is 9.18 Å². The van der Waals surface area contributed by atoms with E-state index in [1.807, 2.05) is 0 Å². The lowest BCUT2D eigenvalue weighted by atomic mass is 10.0. The zero-order chi connectivity index (χ0) is 19.6. The van der Waals surface area contributed by atoms with E-state index in [-0.39, 0.29) is 27.9 Å². The summed E-state index contributed by atoms with van der Waals surface area (Å²) in [5, 5.41) is 11.7. The molecule has 0 atom stereocenters. The Hall–Kier alpha value is -2.87. The first-order valence-electron chi connectivity index (χ1n) is 8.32. The van der Waals surface area contributed by atoms with Crippen molar-refractivity contribution in [2.24, 2.45) is 0 Å². The first-order valence-corrected chi connectivity index (χ1v) is 8.70. The molecule has 7 nitrogen and oxygen atoms in total. The zero-order valence-electron chi connectivity index (χ0n) is 14.2. The molecule has 2 aromatic rings. The van der Waals surface area contributed by atoms with Gasteiger partial charge in [0.1, 0.15) is 11.5 Å².